The van der Waals surface area contributed by atoms with E-state index in [-0.39, 0.29) is 13.1 Å². The molecule has 1 heterocycles. The number of thiazole rings is 1. The number of carbonyl (C=O) groups excluding carboxylic acids is 1. The average molecular weight is 438 g/mol. The van der Waals surface area contributed by atoms with Crippen LogP contribution in [0, 0.1) is 0 Å². The van der Waals surface area contributed by atoms with Gasteiger partial charge in [-0.2, -0.15) is 13.2 Å². The fourth-order valence-electron chi connectivity index (χ4n) is 3.00. The molecule has 0 bridgehead atoms. The van der Waals surface area contributed by atoms with Crippen LogP contribution in [0.4, 0.5) is 13.2 Å². The molecule has 160 valence electrons. The molecular formula is C21H21F3N2O3S. The Labute approximate surface area is 175 Å². The molecule has 1 unspecified atom stereocenters. The topological polar surface area (TPSA) is 62.7 Å². The predicted octanol–water partition coefficient (Wildman–Crippen LogP) is 4.49. The molecule has 5 nitrogen and oxygen atoms in total. The minimum absolute atomic E-state index is 0.118. The molecule has 1 amide bonds. The lowest BCUT2D eigenvalue weighted by molar-refractivity contribution is -0.268. The molecule has 3 rings (SSSR count). The lowest BCUT2D eigenvalue weighted by Crippen LogP contribution is -2.47. The van der Waals surface area contributed by atoms with Gasteiger partial charge in [0.25, 0.3) is 0 Å². The first kappa shape index (κ1) is 22.0. The van der Waals surface area contributed by atoms with Crippen LogP contribution in [0.5, 0.6) is 5.75 Å². The summed E-state index contributed by atoms with van der Waals surface area (Å²) in [6.07, 6.45) is -6.20. The highest BCUT2D eigenvalue weighted by atomic mass is 32.1. The summed E-state index contributed by atoms with van der Waals surface area (Å²) in [5.74, 6) is -0.178. The first-order chi connectivity index (χ1) is 14.2. The SMILES string of the molecule is CCN(Cc1ccc(OC)cc1)C(=O)CC(O)(c1nc2ccccc2s1)C(F)(F)F. The van der Waals surface area contributed by atoms with Crippen LogP contribution in [0.3, 0.4) is 0 Å². The van der Waals surface area contributed by atoms with E-state index in [9.17, 15) is 23.1 Å². The fraction of sp³-hybridized carbons (Fsp3) is 0.333. The van der Waals surface area contributed by atoms with Crippen molar-refractivity contribution in [2.75, 3.05) is 13.7 Å². The van der Waals surface area contributed by atoms with Gasteiger partial charge in [-0.25, -0.2) is 4.98 Å². The second kappa shape index (κ2) is 8.61. The van der Waals surface area contributed by atoms with Gasteiger partial charge in [0.05, 0.1) is 23.7 Å². The highest BCUT2D eigenvalue weighted by Crippen LogP contribution is 2.44. The highest BCUT2D eigenvalue weighted by Gasteiger charge is 2.58. The van der Waals surface area contributed by atoms with E-state index in [0.29, 0.717) is 16.0 Å². The maximum Gasteiger partial charge on any atom is 0.424 e. The van der Waals surface area contributed by atoms with Crippen molar-refractivity contribution in [3.63, 3.8) is 0 Å². The first-order valence-electron chi connectivity index (χ1n) is 9.24. The fourth-order valence-corrected chi connectivity index (χ4v) is 4.08. The van der Waals surface area contributed by atoms with Gasteiger partial charge < -0.3 is 14.7 Å². The van der Waals surface area contributed by atoms with Gasteiger partial charge in [-0.3, -0.25) is 4.79 Å². The number of hydrogen-bond acceptors (Lipinski definition) is 5. The van der Waals surface area contributed by atoms with Crippen molar-refractivity contribution < 1.29 is 27.8 Å². The van der Waals surface area contributed by atoms with Crippen molar-refractivity contribution in [3.05, 3.63) is 59.1 Å². The van der Waals surface area contributed by atoms with E-state index in [0.717, 1.165) is 16.9 Å². The number of fused-ring (bicyclic) bond motifs is 1. The van der Waals surface area contributed by atoms with Crippen molar-refractivity contribution in [1.29, 1.82) is 0 Å². The van der Waals surface area contributed by atoms with E-state index in [1.165, 1.54) is 12.0 Å². The Kier molecular flexibility index (Phi) is 6.33. The van der Waals surface area contributed by atoms with E-state index in [1.54, 1.807) is 55.5 Å². The van der Waals surface area contributed by atoms with E-state index in [1.807, 2.05) is 0 Å². The molecule has 0 aliphatic heterocycles. The Balaban J connectivity index is 1.86. The molecule has 0 radical (unpaired) electrons. The average Bonchev–Trinajstić information content (AvgIpc) is 3.16. The molecule has 0 saturated heterocycles. The lowest BCUT2D eigenvalue weighted by atomic mass is 9.98. The van der Waals surface area contributed by atoms with E-state index < -0.39 is 29.1 Å². The van der Waals surface area contributed by atoms with E-state index >= 15 is 0 Å². The summed E-state index contributed by atoms with van der Waals surface area (Å²) < 4.78 is 47.3. The number of carbonyl (C=O) groups is 1. The first-order valence-corrected chi connectivity index (χ1v) is 10.1. The molecule has 0 aliphatic rings. The third-order valence-electron chi connectivity index (χ3n) is 4.79. The van der Waals surface area contributed by atoms with Gasteiger partial charge in [-0.05, 0) is 36.8 Å². The van der Waals surface area contributed by atoms with E-state index in [4.69, 9.17) is 4.74 Å². The molecule has 3 aromatic rings. The van der Waals surface area contributed by atoms with Crippen molar-refractivity contribution in [3.8, 4) is 5.75 Å². The van der Waals surface area contributed by atoms with Gasteiger partial charge in [0.15, 0.2) is 0 Å². The van der Waals surface area contributed by atoms with Crippen LogP contribution in [-0.2, 0) is 16.9 Å². The molecule has 0 fully saturated rings. The van der Waals surface area contributed by atoms with Crippen LogP contribution < -0.4 is 4.74 Å². The van der Waals surface area contributed by atoms with Crippen LogP contribution in [0.15, 0.2) is 48.5 Å². The maximum absolute atomic E-state index is 13.9. The van der Waals surface area contributed by atoms with Crippen molar-refractivity contribution >= 4 is 27.5 Å². The predicted molar refractivity (Wildman–Crippen MR) is 108 cm³/mol. The largest absolute Gasteiger partial charge is 0.497 e. The number of methoxy groups -OCH3 is 1. The smallest absolute Gasteiger partial charge is 0.424 e. The molecule has 1 aromatic heterocycles. The van der Waals surface area contributed by atoms with Crippen LogP contribution in [0.2, 0.25) is 0 Å². The monoisotopic (exact) mass is 438 g/mol. The maximum atomic E-state index is 13.9. The molecule has 30 heavy (non-hydrogen) atoms. The zero-order valence-corrected chi connectivity index (χ0v) is 17.3. The number of ether oxygens (including phenoxy) is 1. The Morgan fingerprint density at radius 1 is 1.17 bits per heavy atom. The highest BCUT2D eigenvalue weighted by molar-refractivity contribution is 7.18. The van der Waals surface area contributed by atoms with E-state index in [2.05, 4.69) is 4.98 Å². The summed E-state index contributed by atoms with van der Waals surface area (Å²) in [4.78, 5) is 18.0. The lowest BCUT2D eigenvalue weighted by Gasteiger charge is -2.30. The van der Waals surface area contributed by atoms with Gasteiger partial charge in [-0.1, -0.05) is 24.3 Å². The van der Waals surface area contributed by atoms with Gasteiger partial charge in [-0.15, -0.1) is 11.3 Å². The molecule has 0 aliphatic carbocycles. The van der Waals surface area contributed by atoms with Crippen molar-refractivity contribution in [2.45, 2.75) is 31.7 Å². The van der Waals surface area contributed by atoms with Crippen LogP contribution >= 0.6 is 11.3 Å². The Bertz CT molecular complexity index is 987. The molecule has 1 N–H and O–H groups in total. The molecule has 2 aromatic carbocycles. The third-order valence-corrected chi connectivity index (χ3v) is 5.98. The summed E-state index contributed by atoms with van der Waals surface area (Å²) in [5, 5.41) is 10.1. The number of aromatic nitrogens is 1. The quantitative estimate of drug-likeness (QED) is 0.590. The van der Waals surface area contributed by atoms with Crippen molar-refractivity contribution in [2.24, 2.45) is 0 Å². The number of aliphatic hydroxyl groups is 1. The van der Waals surface area contributed by atoms with Crippen molar-refractivity contribution in [1.82, 2.24) is 9.88 Å². The number of rotatable bonds is 7. The van der Waals surface area contributed by atoms with Gasteiger partial charge in [0.2, 0.25) is 11.5 Å². The van der Waals surface area contributed by atoms with Crippen LogP contribution in [-0.4, -0.2) is 40.7 Å². The third kappa shape index (κ3) is 4.41. The number of hydrogen-bond donors (Lipinski definition) is 1. The number of halogens is 3. The number of alkyl halides is 3. The van der Waals surface area contributed by atoms with Gasteiger partial charge in [0.1, 0.15) is 10.8 Å². The summed E-state index contributed by atoms with van der Waals surface area (Å²) >= 11 is 0.735. The molecule has 0 saturated carbocycles. The number of nitrogens with zero attached hydrogens (tertiary/aromatic N) is 2. The van der Waals surface area contributed by atoms with Gasteiger partial charge in [0, 0.05) is 13.1 Å². The zero-order valence-electron chi connectivity index (χ0n) is 16.4. The second-order valence-electron chi connectivity index (χ2n) is 6.78. The standard InChI is InChI=1S/C21H21F3N2O3S/c1-3-26(13-14-8-10-15(29-2)11-9-14)18(27)12-20(28,21(22,23)24)19-25-16-6-4-5-7-17(16)30-19/h4-11,28H,3,12-13H2,1-2H3. The normalized spacial score (nSPS) is 13.8. The summed E-state index contributed by atoms with van der Waals surface area (Å²) in [5.41, 5.74) is -2.28. The molecule has 0 spiro atoms. The Morgan fingerprint density at radius 2 is 1.83 bits per heavy atom. The summed E-state index contributed by atoms with van der Waals surface area (Å²) in [6.45, 7) is 1.98. The summed E-state index contributed by atoms with van der Waals surface area (Å²) in [7, 11) is 1.52. The molecule has 9 heteroatoms. The minimum Gasteiger partial charge on any atom is -0.497 e. The van der Waals surface area contributed by atoms with Crippen LogP contribution in [0.1, 0.15) is 23.9 Å². The number of benzene rings is 2. The molecular weight excluding hydrogens is 417 g/mol. The summed E-state index contributed by atoms with van der Waals surface area (Å²) in [6, 6.07) is 13.4. The van der Waals surface area contributed by atoms with Crippen LogP contribution in [0.25, 0.3) is 10.2 Å². The zero-order chi connectivity index (χ0) is 21.9. The Morgan fingerprint density at radius 3 is 2.40 bits per heavy atom. The second-order valence-corrected chi connectivity index (χ2v) is 7.81. The van der Waals surface area contributed by atoms with Gasteiger partial charge >= 0.3 is 6.18 Å². The minimum atomic E-state index is -5.06. The number of amides is 1. The Hall–Kier alpha value is -2.65. The number of para-hydroxylation sites is 1. The molecule has 1 atom stereocenters.